The van der Waals surface area contributed by atoms with E-state index in [0.29, 0.717) is 12.3 Å². The van der Waals surface area contributed by atoms with E-state index in [1.807, 2.05) is 0 Å². The van der Waals surface area contributed by atoms with Crippen LogP contribution < -0.4 is 0 Å². The zero-order chi connectivity index (χ0) is 15.7. The van der Waals surface area contributed by atoms with Crippen molar-refractivity contribution in [2.75, 3.05) is 0 Å². The predicted molar refractivity (Wildman–Crippen MR) is 85.2 cm³/mol. The molecule has 0 saturated heterocycles. The van der Waals surface area contributed by atoms with Crippen molar-refractivity contribution in [3.8, 4) is 0 Å². The Kier molecular flexibility index (Phi) is 9.84. The summed E-state index contributed by atoms with van der Waals surface area (Å²) < 4.78 is 44.8. The minimum absolute atomic E-state index is 0.0283. The fourth-order valence-corrected chi connectivity index (χ4v) is 3.88. The highest BCUT2D eigenvalue weighted by Gasteiger charge is 2.16. The Morgan fingerprint density at radius 1 is 0.800 bits per heavy atom. The molecule has 0 aliphatic rings. The van der Waals surface area contributed by atoms with Gasteiger partial charge in [0.1, 0.15) is 0 Å². The second-order valence-electron chi connectivity index (χ2n) is 5.76. The number of hydrogen-bond acceptors (Lipinski definition) is 4. The summed E-state index contributed by atoms with van der Waals surface area (Å²) in [6.45, 7) is 7.75. The second-order valence-corrected chi connectivity index (χ2v) is 7.63. The Bertz CT molecular complexity index is 536. The van der Waals surface area contributed by atoms with Gasteiger partial charge in [0.15, 0.2) is 0 Å². The smallest absolute Gasteiger partial charge is 0.184 e. The van der Waals surface area contributed by atoms with Crippen LogP contribution in [0.5, 0.6) is 0 Å². The van der Waals surface area contributed by atoms with Crippen LogP contribution in [0.15, 0.2) is 0 Å². The van der Waals surface area contributed by atoms with Gasteiger partial charge in [-0.3, -0.25) is 0 Å². The summed E-state index contributed by atoms with van der Waals surface area (Å²) in [5.74, 6) is 0.386. The molecular formula is C14H26O4S2. The zero-order valence-corrected chi connectivity index (χ0v) is 14.5. The molecule has 0 aromatic heterocycles. The van der Waals surface area contributed by atoms with E-state index in [1.54, 1.807) is 13.8 Å². The van der Waals surface area contributed by atoms with Gasteiger partial charge >= 0.3 is 0 Å². The molecule has 0 fully saturated rings. The van der Waals surface area contributed by atoms with Crippen LogP contribution in [0.2, 0.25) is 0 Å². The van der Waals surface area contributed by atoms with Crippen molar-refractivity contribution >= 4 is 30.3 Å². The molecule has 0 N–H and O–H groups in total. The first kappa shape index (κ1) is 19.4. The Balaban J connectivity index is 4.57. The lowest BCUT2D eigenvalue weighted by Crippen LogP contribution is -2.22. The van der Waals surface area contributed by atoms with E-state index >= 15 is 0 Å². The van der Waals surface area contributed by atoms with E-state index in [4.69, 9.17) is 0 Å². The second kappa shape index (κ2) is 10.2. The SMILES string of the molecule is CC(C)CCCCCCC(C(C(C)C)=S(=O)=O)=S(=O)=O. The Labute approximate surface area is 125 Å². The standard InChI is InChI=1S/C14H26O4S2/c1-11(2)9-7-5-6-8-10-13(19(15)16)14(12(3)4)20(17)18/h11-12H,5-10H2,1-4H3. The largest absolute Gasteiger partial charge is 0.218 e. The van der Waals surface area contributed by atoms with Gasteiger partial charge in [-0.2, -0.15) is 16.8 Å². The third-order valence-electron chi connectivity index (χ3n) is 3.12. The van der Waals surface area contributed by atoms with Gasteiger partial charge in [0.2, 0.25) is 20.6 Å². The molecule has 0 amide bonds. The lowest BCUT2D eigenvalue weighted by molar-refractivity contribution is 0.522. The van der Waals surface area contributed by atoms with Crippen molar-refractivity contribution in [3.05, 3.63) is 0 Å². The average Bonchev–Trinajstić information content (AvgIpc) is 2.29. The molecule has 0 atom stereocenters. The van der Waals surface area contributed by atoms with Crippen molar-refractivity contribution in [1.29, 1.82) is 0 Å². The van der Waals surface area contributed by atoms with Crippen molar-refractivity contribution in [2.24, 2.45) is 11.8 Å². The topological polar surface area (TPSA) is 68.3 Å². The third-order valence-corrected chi connectivity index (χ3v) is 5.15. The molecule has 0 aliphatic carbocycles. The summed E-state index contributed by atoms with van der Waals surface area (Å²) in [5, 5.41) is 0. The summed E-state index contributed by atoms with van der Waals surface area (Å²) >= 11 is 0. The quantitative estimate of drug-likeness (QED) is 0.483. The molecule has 0 heterocycles. The molecule has 0 aliphatic heterocycles. The normalized spacial score (nSPS) is 10.9. The highest BCUT2D eigenvalue weighted by molar-refractivity contribution is 7.82. The molecule has 4 nitrogen and oxygen atoms in total. The summed E-state index contributed by atoms with van der Waals surface area (Å²) in [4.78, 5) is 0.0812. The summed E-state index contributed by atoms with van der Waals surface area (Å²) in [6.07, 6.45) is 5.35. The first-order chi connectivity index (χ1) is 9.27. The monoisotopic (exact) mass is 322 g/mol. The molecule has 0 saturated carbocycles. The van der Waals surface area contributed by atoms with E-state index in [0.717, 1.165) is 25.7 Å². The zero-order valence-electron chi connectivity index (χ0n) is 12.8. The van der Waals surface area contributed by atoms with Gasteiger partial charge < -0.3 is 0 Å². The van der Waals surface area contributed by atoms with Crippen LogP contribution in [0, 0.1) is 11.8 Å². The fourth-order valence-electron chi connectivity index (χ4n) is 2.09. The maximum atomic E-state index is 11.2. The molecule has 0 radical (unpaired) electrons. The van der Waals surface area contributed by atoms with Crippen LogP contribution >= 0.6 is 0 Å². The third kappa shape index (κ3) is 7.85. The van der Waals surface area contributed by atoms with Crippen LogP contribution in [0.3, 0.4) is 0 Å². The van der Waals surface area contributed by atoms with Crippen molar-refractivity contribution < 1.29 is 16.8 Å². The highest BCUT2D eigenvalue weighted by Crippen LogP contribution is 2.12. The van der Waals surface area contributed by atoms with Crippen molar-refractivity contribution in [1.82, 2.24) is 0 Å². The van der Waals surface area contributed by atoms with E-state index in [-0.39, 0.29) is 15.6 Å². The molecule has 0 spiro atoms. The summed E-state index contributed by atoms with van der Waals surface area (Å²) in [6, 6.07) is 0. The van der Waals surface area contributed by atoms with Crippen LogP contribution in [-0.4, -0.2) is 26.6 Å². The first-order valence-electron chi connectivity index (χ1n) is 7.18. The minimum atomic E-state index is -2.46. The number of unbranched alkanes of at least 4 members (excludes halogenated alkanes) is 3. The number of rotatable bonds is 9. The first-order valence-corrected chi connectivity index (χ1v) is 9.33. The van der Waals surface area contributed by atoms with Gasteiger partial charge in [0, 0.05) is 0 Å². The van der Waals surface area contributed by atoms with Gasteiger partial charge in [0.05, 0.1) is 9.73 Å². The maximum absolute atomic E-state index is 11.2. The predicted octanol–water partition coefficient (Wildman–Crippen LogP) is 2.74. The van der Waals surface area contributed by atoms with Crippen LogP contribution in [0.4, 0.5) is 0 Å². The van der Waals surface area contributed by atoms with Crippen molar-refractivity contribution in [2.45, 2.75) is 66.2 Å². The van der Waals surface area contributed by atoms with Gasteiger partial charge in [-0.05, 0) is 24.7 Å². The van der Waals surface area contributed by atoms with Crippen molar-refractivity contribution in [3.63, 3.8) is 0 Å². The molecule has 0 rings (SSSR count). The molecule has 0 bridgehead atoms. The molecule has 0 aromatic carbocycles. The highest BCUT2D eigenvalue weighted by atomic mass is 32.2. The van der Waals surface area contributed by atoms with E-state index in [2.05, 4.69) is 13.8 Å². The lowest BCUT2D eigenvalue weighted by atomic mass is 10.0. The fraction of sp³-hybridized carbons (Fsp3) is 0.857. The lowest BCUT2D eigenvalue weighted by Gasteiger charge is -2.08. The summed E-state index contributed by atoms with van der Waals surface area (Å²) in [7, 11) is -4.92. The van der Waals surface area contributed by atoms with Crippen LogP contribution in [-0.2, 0) is 20.6 Å². The summed E-state index contributed by atoms with van der Waals surface area (Å²) in [5.41, 5.74) is 0. The van der Waals surface area contributed by atoms with Gasteiger partial charge in [0.25, 0.3) is 0 Å². The Morgan fingerprint density at radius 3 is 1.75 bits per heavy atom. The molecule has 118 valence electrons. The molecule has 0 unspecified atom stereocenters. The van der Waals surface area contributed by atoms with Crippen LogP contribution in [0.25, 0.3) is 0 Å². The molecule has 6 heteroatoms. The Hall–Kier alpha value is -0.620. The van der Waals surface area contributed by atoms with Gasteiger partial charge in [-0.15, -0.1) is 0 Å². The molecule has 20 heavy (non-hydrogen) atoms. The van der Waals surface area contributed by atoms with Gasteiger partial charge in [-0.25, -0.2) is 0 Å². The number of hydrogen-bond donors (Lipinski definition) is 0. The van der Waals surface area contributed by atoms with Crippen LogP contribution in [0.1, 0.15) is 66.2 Å². The average molecular weight is 322 g/mol. The van der Waals surface area contributed by atoms with E-state index in [1.165, 1.54) is 6.42 Å². The maximum Gasteiger partial charge on any atom is 0.218 e. The minimum Gasteiger partial charge on any atom is -0.184 e. The molecule has 0 aromatic rings. The molecular weight excluding hydrogens is 296 g/mol. The van der Waals surface area contributed by atoms with E-state index < -0.39 is 20.6 Å². The van der Waals surface area contributed by atoms with E-state index in [9.17, 15) is 16.8 Å². The Morgan fingerprint density at radius 2 is 1.35 bits per heavy atom. The van der Waals surface area contributed by atoms with Gasteiger partial charge in [-0.1, -0.05) is 53.4 Å².